The van der Waals surface area contributed by atoms with Crippen molar-refractivity contribution in [1.82, 2.24) is 15.6 Å². The van der Waals surface area contributed by atoms with Crippen LogP contribution in [0.25, 0.3) is 17.0 Å². The fraction of sp³-hybridized carbons (Fsp3) is 0.143. The summed E-state index contributed by atoms with van der Waals surface area (Å²) in [6, 6.07) is 24.5. The number of fused-ring (bicyclic) bond motifs is 1. The molecule has 0 fully saturated rings. The molecule has 6 nitrogen and oxygen atoms in total. The van der Waals surface area contributed by atoms with E-state index in [1.165, 1.54) is 0 Å². The Hall–Kier alpha value is -4.32. The Bertz CT molecular complexity index is 1310. The van der Waals surface area contributed by atoms with Gasteiger partial charge in [0.05, 0.1) is 7.11 Å². The van der Waals surface area contributed by atoms with Crippen molar-refractivity contribution in [2.45, 2.75) is 12.8 Å². The lowest BCUT2D eigenvalue weighted by Crippen LogP contribution is -2.36. The lowest BCUT2D eigenvalue weighted by atomic mass is 10.0. The molecular weight excluding hydrogens is 426 g/mol. The van der Waals surface area contributed by atoms with Gasteiger partial charge >= 0.3 is 0 Å². The van der Waals surface area contributed by atoms with Gasteiger partial charge < -0.3 is 20.4 Å². The molecule has 2 amide bonds. The minimum Gasteiger partial charge on any atom is -0.497 e. The van der Waals surface area contributed by atoms with Gasteiger partial charge in [0.25, 0.3) is 11.8 Å². The highest BCUT2D eigenvalue weighted by molar-refractivity contribution is 6.06. The number of benzene rings is 3. The van der Waals surface area contributed by atoms with E-state index in [1.54, 1.807) is 43.6 Å². The number of ether oxygens (including phenoxy) is 1. The normalized spacial score (nSPS) is 12.2. The maximum atomic E-state index is 13.2. The van der Waals surface area contributed by atoms with Crippen LogP contribution in [0.1, 0.15) is 34.3 Å². The molecule has 3 aromatic carbocycles. The Morgan fingerprint density at radius 3 is 2.41 bits per heavy atom. The molecule has 1 heterocycles. The van der Waals surface area contributed by atoms with Crippen molar-refractivity contribution in [1.29, 1.82) is 0 Å². The first-order valence-corrected chi connectivity index (χ1v) is 11.1. The summed E-state index contributed by atoms with van der Waals surface area (Å²) < 4.78 is 5.34. The monoisotopic (exact) mass is 453 g/mol. The van der Waals surface area contributed by atoms with Crippen LogP contribution >= 0.6 is 0 Å². The number of hydrogen-bond acceptors (Lipinski definition) is 3. The third-order valence-corrected chi connectivity index (χ3v) is 5.69. The van der Waals surface area contributed by atoms with Crippen molar-refractivity contribution in [2.75, 3.05) is 13.7 Å². The molecule has 0 saturated heterocycles. The molecule has 0 bridgehead atoms. The number of nitrogens with one attached hydrogen (secondary N) is 3. The number of aromatic nitrogens is 1. The van der Waals surface area contributed by atoms with E-state index in [4.69, 9.17) is 4.74 Å². The predicted molar refractivity (Wildman–Crippen MR) is 135 cm³/mol. The number of amides is 2. The molecule has 0 spiro atoms. The van der Waals surface area contributed by atoms with Crippen LogP contribution in [0.3, 0.4) is 0 Å². The van der Waals surface area contributed by atoms with Crippen molar-refractivity contribution < 1.29 is 14.3 Å². The highest BCUT2D eigenvalue weighted by Crippen LogP contribution is 2.25. The molecule has 0 aliphatic rings. The van der Waals surface area contributed by atoms with E-state index in [2.05, 4.69) is 15.6 Å². The van der Waals surface area contributed by atoms with Crippen molar-refractivity contribution >= 4 is 28.8 Å². The molecule has 34 heavy (non-hydrogen) atoms. The zero-order valence-electron chi connectivity index (χ0n) is 19.2. The van der Waals surface area contributed by atoms with Gasteiger partial charge in [-0.1, -0.05) is 55.5 Å². The van der Waals surface area contributed by atoms with E-state index >= 15 is 0 Å². The third kappa shape index (κ3) is 5.35. The molecule has 6 heteroatoms. The lowest BCUT2D eigenvalue weighted by Gasteiger charge is -2.15. The second kappa shape index (κ2) is 10.5. The summed E-state index contributed by atoms with van der Waals surface area (Å²) >= 11 is 0. The number of carbonyl (C=O) groups is 2. The van der Waals surface area contributed by atoms with E-state index < -0.39 is 0 Å². The Labute approximate surface area is 198 Å². The van der Waals surface area contributed by atoms with Gasteiger partial charge in [0.1, 0.15) is 11.4 Å². The molecule has 0 unspecified atom stereocenters. The molecular formula is C28H27N3O3. The SMILES string of the molecule is COc1ccc2[nH]cc(/C=C(/NC(=O)c3ccccc3)C(=O)NC[C@@H](C)c3ccccc3)c2c1. The number of hydrogen-bond donors (Lipinski definition) is 3. The van der Waals surface area contributed by atoms with Gasteiger partial charge in [-0.25, -0.2) is 0 Å². The maximum Gasteiger partial charge on any atom is 0.267 e. The minimum absolute atomic E-state index is 0.119. The van der Waals surface area contributed by atoms with Crippen molar-refractivity contribution in [3.05, 3.63) is 107 Å². The summed E-state index contributed by atoms with van der Waals surface area (Å²) in [6.07, 6.45) is 3.49. The van der Waals surface area contributed by atoms with Crippen LogP contribution in [0.5, 0.6) is 5.75 Å². The molecule has 0 saturated carbocycles. The first-order valence-electron chi connectivity index (χ1n) is 11.1. The quantitative estimate of drug-likeness (QED) is 0.333. The average Bonchev–Trinajstić information content (AvgIpc) is 3.29. The van der Waals surface area contributed by atoms with E-state index in [0.717, 1.165) is 22.0 Å². The molecule has 3 N–H and O–H groups in total. The van der Waals surface area contributed by atoms with E-state index in [1.807, 2.05) is 61.5 Å². The second-order valence-electron chi connectivity index (χ2n) is 8.06. The van der Waals surface area contributed by atoms with Crippen molar-refractivity contribution in [3.8, 4) is 5.75 Å². The molecule has 1 atom stereocenters. The second-order valence-corrected chi connectivity index (χ2v) is 8.06. The van der Waals surface area contributed by atoms with E-state index in [0.29, 0.717) is 17.9 Å². The van der Waals surface area contributed by atoms with Crippen LogP contribution in [0, 0.1) is 0 Å². The standard InChI is InChI=1S/C28H27N3O3/c1-19(20-9-5-3-6-10-20)17-30-28(33)26(31-27(32)21-11-7-4-8-12-21)15-22-18-29-25-14-13-23(34-2)16-24(22)25/h3-16,18-19,29H,17H2,1-2H3,(H,30,33)(H,31,32)/b26-15+/t19-/m1/s1. The number of aromatic amines is 1. The van der Waals surface area contributed by atoms with Crippen LogP contribution in [-0.2, 0) is 4.79 Å². The smallest absolute Gasteiger partial charge is 0.267 e. The van der Waals surface area contributed by atoms with Gasteiger partial charge in [-0.3, -0.25) is 9.59 Å². The molecule has 172 valence electrons. The summed E-state index contributed by atoms with van der Waals surface area (Å²) in [6.45, 7) is 2.48. The molecule has 4 aromatic rings. The van der Waals surface area contributed by atoms with Crippen LogP contribution in [-0.4, -0.2) is 30.5 Å². The molecule has 4 rings (SSSR count). The zero-order chi connectivity index (χ0) is 23.9. The largest absolute Gasteiger partial charge is 0.497 e. The number of carbonyl (C=O) groups excluding carboxylic acids is 2. The lowest BCUT2D eigenvalue weighted by molar-refractivity contribution is -0.117. The van der Waals surface area contributed by atoms with Gasteiger partial charge in [-0.05, 0) is 47.9 Å². The number of rotatable bonds is 8. The first-order chi connectivity index (χ1) is 16.5. The summed E-state index contributed by atoms with van der Waals surface area (Å²) in [5, 5.41) is 6.64. The molecule has 1 aromatic heterocycles. The van der Waals surface area contributed by atoms with Gasteiger partial charge in [-0.15, -0.1) is 0 Å². The Morgan fingerprint density at radius 2 is 1.71 bits per heavy atom. The summed E-state index contributed by atoms with van der Waals surface area (Å²) in [5.74, 6) is 0.117. The summed E-state index contributed by atoms with van der Waals surface area (Å²) in [4.78, 5) is 29.3. The number of H-pyrrole nitrogens is 1. The predicted octanol–water partition coefficient (Wildman–Crippen LogP) is 4.87. The fourth-order valence-corrected chi connectivity index (χ4v) is 3.71. The molecule has 0 aliphatic carbocycles. The molecule has 0 aliphatic heterocycles. The van der Waals surface area contributed by atoms with Gasteiger partial charge in [0.2, 0.25) is 0 Å². The van der Waals surface area contributed by atoms with Crippen LogP contribution in [0.4, 0.5) is 0 Å². The van der Waals surface area contributed by atoms with Gasteiger partial charge in [0.15, 0.2) is 0 Å². The summed E-state index contributed by atoms with van der Waals surface area (Å²) in [7, 11) is 1.61. The fourth-order valence-electron chi connectivity index (χ4n) is 3.71. The summed E-state index contributed by atoms with van der Waals surface area (Å²) in [5.41, 5.74) is 3.44. The average molecular weight is 454 g/mol. The third-order valence-electron chi connectivity index (χ3n) is 5.69. The minimum atomic E-state index is -0.357. The van der Waals surface area contributed by atoms with Crippen LogP contribution in [0.15, 0.2) is 90.8 Å². The van der Waals surface area contributed by atoms with E-state index in [9.17, 15) is 9.59 Å². The Kier molecular flexibility index (Phi) is 7.08. The highest BCUT2D eigenvalue weighted by Gasteiger charge is 2.17. The van der Waals surface area contributed by atoms with Gasteiger partial charge in [0, 0.05) is 34.8 Å². The Balaban J connectivity index is 1.61. The zero-order valence-corrected chi connectivity index (χ0v) is 19.2. The first kappa shape index (κ1) is 22.9. The van der Waals surface area contributed by atoms with Crippen LogP contribution < -0.4 is 15.4 Å². The van der Waals surface area contributed by atoms with Crippen molar-refractivity contribution in [3.63, 3.8) is 0 Å². The van der Waals surface area contributed by atoms with Crippen molar-refractivity contribution in [2.24, 2.45) is 0 Å². The van der Waals surface area contributed by atoms with E-state index in [-0.39, 0.29) is 23.4 Å². The topological polar surface area (TPSA) is 83.2 Å². The van der Waals surface area contributed by atoms with Gasteiger partial charge in [-0.2, -0.15) is 0 Å². The Morgan fingerprint density at radius 1 is 1.00 bits per heavy atom. The highest BCUT2D eigenvalue weighted by atomic mass is 16.5. The number of methoxy groups -OCH3 is 1. The molecule has 0 radical (unpaired) electrons. The maximum absolute atomic E-state index is 13.2. The van der Waals surface area contributed by atoms with Crippen LogP contribution in [0.2, 0.25) is 0 Å².